The number of nitrogens with two attached hydrogens (primary N) is 1. The number of carbonyl (C=O) groups is 1. The van der Waals surface area contributed by atoms with E-state index in [2.05, 4.69) is 9.46 Å². The van der Waals surface area contributed by atoms with Crippen LogP contribution in [0.3, 0.4) is 0 Å². The van der Waals surface area contributed by atoms with Crippen molar-refractivity contribution in [3.8, 4) is 0 Å². The molecule has 1 atom stereocenters. The summed E-state index contributed by atoms with van der Waals surface area (Å²) in [5.41, 5.74) is 5.61. The molecule has 0 aliphatic rings. The fraction of sp³-hybridized carbons (Fsp3) is 0.889. The van der Waals surface area contributed by atoms with E-state index < -0.39 is 22.4 Å². The molecule has 0 aromatic rings. The van der Waals surface area contributed by atoms with Gasteiger partial charge < -0.3 is 15.2 Å². The summed E-state index contributed by atoms with van der Waals surface area (Å²) in [5, 5.41) is 0. The molecule has 0 radical (unpaired) electrons. The number of ether oxygens (including phenoxy) is 2. The second kappa shape index (κ2) is 8.25. The maximum absolute atomic E-state index is 11.4. The van der Waals surface area contributed by atoms with Crippen molar-refractivity contribution in [2.45, 2.75) is 32.4 Å². The smallest absolute Gasteiger partial charge is 0.422 e. The van der Waals surface area contributed by atoms with Crippen LogP contribution in [-0.4, -0.2) is 46.9 Å². The van der Waals surface area contributed by atoms with Gasteiger partial charge in [-0.3, -0.25) is 0 Å². The van der Waals surface area contributed by atoms with Crippen molar-refractivity contribution in [2.75, 3.05) is 20.3 Å². The molecule has 108 valence electrons. The van der Waals surface area contributed by atoms with Crippen molar-refractivity contribution >= 4 is 16.3 Å². The van der Waals surface area contributed by atoms with E-state index in [4.69, 9.17) is 10.5 Å². The van der Waals surface area contributed by atoms with Crippen LogP contribution in [0.5, 0.6) is 0 Å². The Morgan fingerprint density at radius 3 is 2.50 bits per heavy atom. The molecule has 0 saturated heterocycles. The monoisotopic (exact) mass is 283 g/mol. The van der Waals surface area contributed by atoms with Crippen molar-refractivity contribution in [3.05, 3.63) is 0 Å². The summed E-state index contributed by atoms with van der Waals surface area (Å²) in [6.45, 7) is 3.67. The van der Waals surface area contributed by atoms with Gasteiger partial charge in [0.05, 0.1) is 12.7 Å². The highest BCUT2D eigenvalue weighted by Crippen LogP contribution is 1.91. The van der Waals surface area contributed by atoms with Gasteiger partial charge in [0.2, 0.25) is 0 Å². The third kappa shape index (κ3) is 9.16. The zero-order chi connectivity index (χ0) is 14.2. The van der Waals surface area contributed by atoms with Crippen LogP contribution in [0.1, 0.15) is 20.3 Å². The van der Waals surface area contributed by atoms with Gasteiger partial charge in [-0.15, -0.1) is 0 Å². The Hall–Kier alpha value is -0.900. The highest BCUT2D eigenvalue weighted by molar-refractivity contribution is 7.88. The molecule has 4 N–H and O–H groups in total. The van der Waals surface area contributed by atoms with Crippen LogP contribution in [0.4, 0.5) is 4.79 Å². The molecule has 0 aromatic heterocycles. The minimum atomic E-state index is -3.91. The van der Waals surface area contributed by atoms with Gasteiger partial charge in [-0.2, -0.15) is 13.1 Å². The molecule has 0 aliphatic carbocycles. The van der Waals surface area contributed by atoms with Crippen LogP contribution >= 0.6 is 0 Å². The Balaban J connectivity index is 3.97. The fourth-order valence-electron chi connectivity index (χ4n) is 1.06. The molecule has 0 saturated carbocycles. The first-order valence-corrected chi connectivity index (χ1v) is 6.97. The average molecular weight is 283 g/mol. The Morgan fingerprint density at radius 1 is 1.39 bits per heavy atom. The minimum absolute atomic E-state index is 0.106. The molecular weight excluding hydrogens is 262 g/mol. The summed E-state index contributed by atoms with van der Waals surface area (Å²) in [4.78, 5) is 11.1. The van der Waals surface area contributed by atoms with Crippen molar-refractivity contribution in [1.29, 1.82) is 0 Å². The van der Waals surface area contributed by atoms with Crippen molar-refractivity contribution in [2.24, 2.45) is 5.73 Å². The average Bonchev–Trinajstić information content (AvgIpc) is 2.14. The van der Waals surface area contributed by atoms with Crippen LogP contribution in [0.2, 0.25) is 0 Å². The van der Waals surface area contributed by atoms with E-state index in [0.717, 1.165) is 0 Å². The van der Waals surface area contributed by atoms with E-state index in [1.165, 1.54) is 7.11 Å². The normalized spacial score (nSPS) is 13.4. The predicted octanol–water partition coefficient (Wildman–Crippen LogP) is -0.681. The van der Waals surface area contributed by atoms with Crippen molar-refractivity contribution in [3.63, 3.8) is 0 Å². The Labute approximate surface area is 107 Å². The number of hydrogen-bond acceptors (Lipinski definition) is 6. The van der Waals surface area contributed by atoms with Gasteiger partial charge in [0.15, 0.2) is 0 Å². The number of amides is 1. The van der Waals surface area contributed by atoms with Crippen molar-refractivity contribution in [1.82, 2.24) is 9.44 Å². The van der Waals surface area contributed by atoms with Crippen LogP contribution in [0.15, 0.2) is 0 Å². The molecule has 0 aliphatic heterocycles. The second-order valence-corrected chi connectivity index (χ2v) is 5.46. The lowest BCUT2D eigenvalue weighted by atomic mass is 10.2. The van der Waals surface area contributed by atoms with Crippen LogP contribution in [0.25, 0.3) is 0 Å². The van der Waals surface area contributed by atoms with Gasteiger partial charge >= 0.3 is 16.3 Å². The second-order valence-electron chi connectivity index (χ2n) is 3.96. The van der Waals surface area contributed by atoms with E-state index in [1.807, 2.05) is 0 Å². The van der Waals surface area contributed by atoms with Gasteiger partial charge in [-0.05, 0) is 20.3 Å². The lowest BCUT2D eigenvalue weighted by Gasteiger charge is -2.12. The first-order valence-electron chi connectivity index (χ1n) is 5.49. The first-order chi connectivity index (χ1) is 8.26. The maximum atomic E-state index is 11.4. The van der Waals surface area contributed by atoms with Gasteiger partial charge in [0.1, 0.15) is 0 Å². The summed E-state index contributed by atoms with van der Waals surface area (Å²) in [5.74, 6) is 0. The third-order valence-corrected chi connectivity index (χ3v) is 2.77. The zero-order valence-electron chi connectivity index (χ0n) is 10.8. The van der Waals surface area contributed by atoms with Crippen LogP contribution < -0.4 is 15.2 Å². The molecule has 0 spiro atoms. The molecule has 18 heavy (non-hydrogen) atoms. The molecule has 0 fully saturated rings. The maximum Gasteiger partial charge on any atom is 0.422 e. The number of rotatable bonds is 8. The highest BCUT2D eigenvalue weighted by atomic mass is 32.2. The third-order valence-electron chi connectivity index (χ3n) is 1.75. The lowest BCUT2D eigenvalue weighted by Crippen LogP contribution is -2.42. The largest absolute Gasteiger partial charge is 0.446 e. The fourth-order valence-corrected chi connectivity index (χ4v) is 1.79. The molecule has 1 unspecified atom stereocenters. The van der Waals surface area contributed by atoms with E-state index >= 15 is 0 Å². The SMILES string of the molecule is COCC(N)CCNS(=O)(=O)NC(=O)OC(C)C. The van der Waals surface area contributed by atoms with Crippen molar-refractivity contribution < 1.29 is 22.7 Å². The quantitative estimate of drug-likeness (QED) is 0.543. The Morgan fingerprint density at radius 2 is 2.00 bits per heavy atom. The lowest BCUT2D eigenvalue weighted by molar-refractivity contribution is 0.121. The zero-order valence-corrected chi connectivity index (χ0v) is 11.6. The van der Waals surface area contributed by atoms with E-state index in [0.29, 0.717) is 13.0 Å². The van der Waals surface area contributed by atoms with Crippen LogP contribution in [0, 0.1) is 0 Å². The molecule has 1 amide bonds. The Bertz CT molecular complexity index is 344. The van der Waals surface area contributed by atoms with Crippen LogP contribution in [-0.2, 0) is 19.7 Å². The Kier molecular flexibility index (Phi) is 7.83. The van der Waals surface area contributed by atoms with Gasteiger partial charge in [0.25, 0.3) is 0 Å². The number of methoxy groups -OCH3 is 1. The number of hydrogen-bond donors (Lipinski definition) is 3. The summed E-state index contributed by atoms with van der Waals surface area (Å²) in [6.07, 6.45) is -1.01. The molecule has 0 bridgehead atoms. The molecule has 0 aromatic carbocycles. The van der Waals surface area contributed by atoms with E-state index in [9.17, 15) is 13.2 Å². The summed E-state index contributed by atoms with van der Waals surface area (Å²) < 4.78 is 36.1. The predicted molar refractivity (Wildman–Crippen MR) is 66.1 cm³/mol. The van der Waals surface area contributed by atoms with E-state index in [1.54, 1.807) is 18.6 Å². The molecule has 8 nitrogen and oxygen atoms in total. The molecule has 0 heterocycles. The molecule has 9 heteroatoms. The summed E-state index contributed by atoms with van der Waals surface area (Å²) in [6, 6.07) is -0.264. The highest BCUT2D eigenvalue weighted by Gasteiger charge is 2.16. The number of carbonyl (C=O) groups excluding carboxylic acids is 1. The van der Waals surface area contributed by atoms with Gasteiger partial charge in [-0.25, -0.2) is 9.52 Å². The summed E-state index contributed by atoms with van der Waals surface area (Å²) >= 11 is 0. The molecule has 0 rings (SSSR count). The van der Waals surface area contributed by atoms with E-state index in [-0.39, 0.29) is 12.6 Å². The summed E-state index contributed by atoms with van der Waals surface area (Å²) in [7, 11) is -2.40. The number of nitrogens with one attached hydrogen (secondary N) is 2. The standard InChI is InChI=1S/C9H21N3O5S/c1-7(2)17-9(13)12-18(14,15)11-5-4-8(10)6-16-3/h7-8,11H,4-6,10H2,1-3H3,(H,12,13). The van der Waals surface area contributed by atoms with Gasteiger partial charge in [-0.1, -0.05) is 0 Å². The van der Waals surface area contributed by atoms with Gasteiger partial charge in [0, 0.05) is 19.7 Å². The first kappa shape index (κ1) is 17.1. The minimum Gasteiger partial charge on any atom is -0.446 e. The topological polar surface area (TPSA) is 120 Å². The molecular formula is C9H21N3O5S.